The highest BCUT2D eigenvalue weighted by Crippen LogP contribution is 2.50. The van der Waals surface area contributed by atoms with Crippen LogP contribution in [0.5, 0.6) is 0 Å². The van der Waals surface area contributed by atoms with E-state index in [-0.39, 0.29) is 4.87 Å². The summed E-state index contributed by atoms with van der Waals surface area (Å²) in [6, 6.07) is 10.7. The Morgan fingerprint density at radius 2 is 1.65 bits per heavy atom. The van der Waals surface area contributed by atoms with E-state index in [1.165, 1.54) is 42.9 Å². The quantitative estimate of drug-likeness (QED) is 0.463. The molecule has 0 aliphatic heterocycles. The Labute approximate surface area is 130 Å². The van der Waals surface area contributed by atoms with E-state index in [2.05, 4.69) is 56.6 Å². The van der Waals surface area contributed by atoms with Crippen molar-refractivity contribution in [2.75, 3.05) is 0 Å². The second-order valence-corrected chi connectivity index (χ2v) is 12.8. The van der Waals surface area contributed by atoms with Crippen molar-refractivity contribution < 1.29 is 0 Å². The van der Waals surface area contributed by atoms with Gasteiger partial charge in [0.2, 0.25) is 0 Å². The summed E-state index contributed by atoms with van der Waals surface area (Å²) in [4.78, 5) is -0.355. The third-order valence-corrected chi connectivity index (χ3v) is 7.82. The molecule has 0 radical (unpaired) electrons. The fourth-order valence-electron chi connectivity index (χ4n) is 3.38. The van der Waals surface area contributed by atoms with Crippen molar-refractivity contribution in [2.45, 2.75) is 56.6 Å². The first kappa shape index (κ1) is 15.8. The van der Waals surface area contributed by atoms with E-state index < -0.39 is 8.07 Å². The Bertz CT molecular complexity index is 454. The molecule has 110 valence electrons. The SMILES string of the molecule is C=C(C(Cl)(c1ccccc1)C1CCCCC1)[Si](C)(C)C. The number of hydrogen-bond donors (Lipinski definition) is 0. The minimum absolute atomic E-state index is 0.355. The largest absolute Gasteiger partial charge is 0.109 e. The first-order valence-electron chi connectivity index (χ1n) is 7.81. The summed E-state index contributed by atoms with van der Waals surface area (Å²) < 4.78 is 0. The van der Waals surface area contributed by atoms with E-state index in [1.807, 2.05) is 0 Å². The number of hydrogen-bond acceptors (Lipinski definition) is 0. The highest BCUT2D eigenvalue weighted by molar-refractivity contribution is 6.84. The average Bonchev–Trinajstić information content (AvgIpc) is 2.46. The van der Waals surface area contributed by atoms with E-state index in [0.29, 0.717) is 5.92 Å². The van der Waals surface area contributed by atoms with Gasteiger partial charge in [0.05, 0.1) is 12.9 Å². The van der Waals surface area contributed by atoms with Crippen LogP contribution < -0.4 is 0 Å². The molecule has 1 aliphatic carbocycles. The molecule has 0 heterocycles. The van der Waals surface area contributed by atoms with E-state index in [0.717, 1.165) is 0 Å². The molecular weight excluding hydrogens is 280 g/mol. The van der Waals surface area contributed by atoms with Crippen LogP contribution in [0, 0.1) is 5.92 Å². The molecular formula is C18H27ClSi. The average molecular weight is 307 g/mol. The molecule has 2 heteroatoms. The molecule has 0 N–H and O–H groups in total. The fourth-order valence-corrected chi connectivity index (χ4v) is 6.02. The fraction of sp³-hybridized carbons (Fsp3) is 0.556. The summed E-state index contributed by atoms with van der Waals surface area (Å²) in [6.07, 6.45) is 6.46. The second-order valence-electron chi connectivity index (χ2n) is 7.14. The third-order valence-electron chi connectivity index (χ3n) is 4.71. The Hall–Kier alpha value is -0.533. The van der Waals surface area contributed by atoms with Gasteiger partial charge in [0.15, 0.2) is 0 Å². The molecule has 20 heavy (non-hydrogen) atoms. The molecule has 1 unspecified atom stereocenters. The van der Waals surface area contributed by atoms with Crippen LogP contribution >= 0.6 is 11.6 Å². The zero-order valence-corrected chi connectivity index (χ0v) is 14.8. The summed E-state index contributed by atoms with van der Waals surface area (Å²) in [6.45, 7) is 11.6. The number of alkyl halides is 1. The predicted molar refractivity (Wildman–Crippen MR) is 93.0 cm³/mol. The van der Waals surface area contributed by atoms with Crippen molar-refractivity contribution in [2.24, 2.45) is 5.92 Å². The minimum atomic E-state index is -1.49. The zero-order valence-electron chi connectivity index (χ0n) is 13.1. The Morgan fingerprint density at radius 1 is 1.10 bits per heavy atom. The van der Waals surface area contributed by atoms with Gasteiger partial charge in [0, 0.05) is 0 Å². The van der Waals surface area contributed by atoms with Crippen molar-refractivity contribution in [3.8, 4) is 0 Å². The molecule has 1 aromatic rings. The molecule has 1 saturated carbocycles. The lowest BCUT2D eigenvalue weighted by molar-refractivity contribution is 0.304. The number of rotatable bonds is 4. The topological polar surface area (TPSA) is 0 Å². The molecule has 0 nitrogen and oxygen atoms in total. The molecule has 0 spiro atoms. The molecule has 0 bridgehead atoms. The van der Waals surface area contributed by atoms with E-state index in [9.17, 15) is 0 Å². The first-order valence-corrected chi connectivity index (χ1v) is 11.7. The molecule has 1 atom stereocenters. The standard InChI is InChI=1S/C18H27ClSi/c1-15(20(2,3)4)18(19,16-11-7-5-8-12-16)17-13-9-6-10-14-17/h5,7-8,11-12,17H,1,6,9-10,13-14H2,2-4H3. The minimum Gasteiger partial charge on any atom is -0.109 e. The van der Waals surface area contributed by atoms with Crippen LogP contribution in [0.15, 0.2) is 42.1 Å². The van der Waals surface area contributed by atoms with E-state index in [1.54, 1.807) is 0 Å². The monoisotopic (exact) mass is 306 g/mol. The summed E-state index contributed by atoms with van der Waals surface area (Å²) in [5.74, 6) is 0.541. The maximum Gasteiger partial charge on any atom is 0.0895 e. The molecule has 1 aliphatic rings. The van der Waals surface area contributed by atoms with Gasteiger partial charge in [-0.2, -0.15) is 0 Å². The van der Waals surface area contributed by atoms with E-state index >= 15 is 0 Å². The van der Waals surface area contributed by atoms with Crippen molar-refractivity contribution in [3.05, 3.63) is 47.7 Å². The lowest BCUT2D eigenvalue weighted by Crippen LogP contribution is -2.42. The summed E-state index contributed by atoms with van der Waals surface area (Å²) >= 11 is 7.31. The lowest BCUT2D eigenvalue weighted by atomic mass is 9.76. The van der Waals surface area contributed by atoms with Gasteiger partial charge in [-0.1, -0.05) is 74.4 Å². The Balaban J connectivity index is 2.45. The van der Waals surface area contributed by atoms with Gasteiger partial charge < -0.3 is 0 Å². The molecule has 0 saturated heterocycles. The van der Waals surface area contributed by atoms with Gasteiger partial charge in [-0.3, -0.25) is 0 Å². The number of benzene rings is 1. The summed E-state index contributed by atoms with van der Waals surface area (Å²) in [7, 11) is -1.49. The van der Waals surface area contributed by atoms with Crippen LogP contribution in [-0.4, -0.2) is 8.07 Å². The number of halogens is 1. The van der Waals surface area contributed by atoms with Crippen LogP contribution in [0.4, 0.5) is 0 Å². The van der Waals surface area contributed by atoms with Gasteiger partial charge in [-0.25, -0.2) is 0 Å². The maximum absolute atomic E-state index is 7.31. The highest BCUT2D eigenvalue weighted by atomic mass is 35.5. The molecule has 0 amide bonds. The Kier molecular flexibility index (Phi) is 4.81. The van der Waals surface area contributed by atoms with Crippen molar-refractivity contribution in [3.63, 3.8) is 0 Å². The van der Waals surface area contributed by atoms with Crippen LogP contribution in [0.3, 0.4) is 0 Å². The van der Waals surface area contributed by atoms with Gasteiger partial charge >= 0.3 is 0 Å². The molecule has 1 fully saturated rings. The molecule has 0 aromatic heterocycles. The van der Waals surface area contributed by atoms with E-state index in [4.69, 9.17) is 11.6 Å². The normalized spacial score (nSPS) is 20.4. The highest BCUT2D eigenvalue weighted by Gasteiger charge is 2.45. The lowest BCUT2D eigenvalue weighted by Gasteiger charge is -2.43. The second kappa shape index (κ2) is 6.07. The van der Waals surface area contributed by atoms with Gasteiger partial charge in [0.1, 0.15) is 0 Å². The van der Waals surface area contributed by atoms with Crippen LogP contribution in [0.1, 0.15) is 37.7 Å². The van der Waals surface area contributed by atoms with Crippen molar-refractivity contribution >= 4 is 19.7 Å². The van der Waals surface area contributed by atoms with Gasteiger partial charge in [0.25, 0.3) is 0 Å². The number of allylic oxidation sites excluding steroid dienone is 1. The third kappa shape index (κ3) is 3.04. The molecule has 2 rings (SSSR count). The summed E-state index contributed by atoms with van der Waals surface area (Å²) in [5.41, 5.74) is 1.25. The smallest absolute Gasteiger partial charge is 0.0895 e. The van der Waals surface area contributed by atoms with Crippen molar-refractivity contribution in [1.29, 1.82) is 0 Å². The van der Waals surface area contributed by atoms with Crippen molar-refractivity contribution in [1.82, 2.24) is 0 Å². The Morgan fingerprint density at radius 3 is 2.15 bits per heavy atom. The van der Waals surface area contributed by atoms with Gasteiger partial charge in [-0.15, -0.1) is 18.2 Å². The zero-order chi connectivity index (χ0) is 14.8. The first-order chi connectivity index (χ1) is 9.37. The van der Waals surface area contributed by atoms with Gasteiger partial charge in [-0.05, 0) is 24.3 Å². The summed E-state index contributed by atoms with van der Waals surface area (Å²) in [5, 5.41) is 1.30. The predicted octanol–water partition coefficient (Wildman–Crippen LogP) is 6.13. The van der Waals surface area contributed by atoms with Crippen LogP contribution in [0.2, 0.25) is 19.6 Å². The van der Waals surface area contributed by atoms with Crippen LogP contribution in [0.25, 0.3) is 0 Å². The molecule has 1 aromatic carbocycles. The van der Waals surface area contributed by atoms with Crippen LogP contribution in [-0.2, 0) is 4.87 Å². The maximum atomic E-state index is 7.31.